The second kappa shape index (κ2) is 8.01. The molecule has 0 fully saturated rings. The van der Waals surface area contributed by atoms with Crippen molar-refractivity contribution in [3.63, 3.8) is 0 Å². The third-order valence-corrected chi connectivity index (χ3v) is 3.36. The van der Waals surface area contributed by atoms with Crippen molar-refractivity contribution in [2.75, 3.05) is 11.4 Å². The third-order valence-electron chi connectivity index (χ3n) is 3.36. The fourth-order valence-corrected chi connectivity index (χ4v) is 2.40. The molecule has 0 aliphatic carbocycles. The Labute approximate surface area is 133 Å². The summed E-state index contributed by atoms with van der Waals surface area (Å²) >= 11 is 0. The van der Waals surface area contributed by atoms with Gasteiger partial charge >= 0.3 is 0 Å². The van der Waals surface area contributed by atoms with Gasteiger partial charge in [0, 0.05) is 18.3 Å². The Kier molecular flexibility index (Phi) is 6.66. The lowest BCUT2D eigenvalue weighted by Gasteiger charge is -2.23. The summed E-state index contributed by atoms with van der Waals surface area (Å²) in [5.74, 6) is 0. The summed E-state index contributed by atoms with van der Waals surface area (Å²) in [6, 6.07) is 12.5. The van der Waals surface area contributed by atoms with Gasteiger partial charge in [-0.3, -0.25) is 0 Å². The van der Waals surface area contributed by atoms with E-state index in [0.717, 1.165) is 6.54 Å². The number of halogens is 1. The third kappa shape index (κ3) is 4.45. The van der Waals surface area contributed by atoms with Crippen LogP contribution in [0, 0.1) is 6.92 Å². The minimum atomic E-state index is -0.345. The Morgan fingerprint density at radius 3 is 2.43 bits per heavy atom. The van der Waals surface area contributed by atoms with Crippen molar-refractivity contribution < 1.29 is 22.1 Å². The molecule has 0 aliphatic heterocycles. The molecule has 1 unspecified atom stereocenters. The molecule has 0 radical (unpaired) electrons. The van der Waals surface area contributed by atoms with Crippen LogP contribution in [0.3, 0.4) is 0 Å². The van der Waals surface area contributed by atoms with Crippen LogP contribution < -0.4 is 21.9 Å². The molecule has 1 aromatic carbocycles. The van der Waals surface area contributed by atoms with Gasteiger partial charge < -0.3 is 22.4 Å². The van der Waals surface area contributed by atoms with Crippen LogP contribution in [0.2, 0.25) is 0 Å². The van der Waals surface area contributed by atoms with Crippen LogP contribution in [-0.4, -0.2) is 17.8 Å². The Bertz CT molecular complexity index is 558. The maximum Gasteiger partial charge on any atom is 0.193 e. The summed E-state index contributed by atoms with van der Waals surface area (Å²) < 4.78 is 2.04. The van der Waals surface area contributed by atoms with E-state index in [1.165, 1.54) is 16.9 Å². The highest BCUT2D eigenvalue weighted by Gasteiger charge is 2.15. The van der Waals surface area contributed by atoms with E-state index in [4.69, 9.17) is 0 Å². The molecule has 0 bridgehead atoms. The minimum Gasteiger partial charge on any atom is -1.00 e. The molecule has 2 aromatic rings. The number of aliphatic hydroxyl groups is 1. The van der Waals surface area contributed by atoms with E-state index in [2.05, 4.69) is 55.3 Å². The molecule has 1 atom stereocenters. The molecule has 1 heterocycles. The quantitative estimate of drug-likeness (QED) is 0.777. The Balaban J connectivity index is 0.00000220. The molecule has 1 N–H and O–H groups in total. The van der Waals surface area contributed by atoms with E-state index in [1.807, 2.05) is 16.8 Å². The molecule has 3 nitrogen and oxygen atoms in total. The zero-order valence-corrected chi connectivity index (χ0v) is 13.6. The number of aryl methyl sites for hydroxylation is 1. The molecule has 0 aliphatic rings. The highest BCUT2D eigenvalue weighted by atomic mass is 35.5. The van der Waals surface area contributed by atoms with Crippen molar-refractivity contribution in [1.29, 1.82) is 0 Å². The standard InChI is InChI=1S/C17H23N2O.ClH/c1-4-19(16-8-6-5-7-9-16)17-13-18(12-15(3)20)11-10-14(17)2;/h5-11,13,15,20H,4,12H2,1-3H3;1H/q+1;/p-1. The summed E-state index contributed by atoms with van der Waals surface area (Å²) in [7, 11) is 0. The highest BCUT2D eigenvalue weighted by molar-refractivity contribution is 5.64. The Morgan fingerprint density at radius 2 is 1.86 bits per heavy atom. The van der Waals surface area contributed by atoms with Gasteiger partial charge in [0.1, 0.15) is 11.8 Å². The summed E-state index contributed by atoms with van der Waals surface area (Å²) in [4.78, 5) is 2.29. The van der Waals surface area contributed by atoms with Crippen molar-refractivity contribution in [3.05, 3.63) is 54.4 Å². The van der Waals surface area contributed by atoms with Gasteiger partial charge in [0.25, 0.3) is 0 Å². The van der Waals surface area contributed by atoms with Crippen molar-refractivity contribution in [2.24, 2.45) is 0 Å². The van der Waals surface area contributed by atoms with Crippen LogP contribution >= 0.6 is 0 Å². The largest absolute Gasteiger partial charge is 1.00 e. The molecular formula is C17H23ClN2O. The zero-order chi connectivity index (χ0) is 14.5. The molecule has 0 saturated heterocycles. The number of rotatable bonds is 5. The monoisotopic (exact) mass is 306 g/mol. The van der Waals surface area contributed by atoms with Gasteiger partial charge in [0.05, 0.1) is 0 Å². The van der Waals surface area contributed by atoms with E-state index in [-0.39, 0.29) is 18.5 Å². The van der Waals surface area contributed by atoms with Crippen molar-refractivity contribution in [2.45, 2.75) is 33.4 Å². The predicted octanol–water partition coefficient (Wildman–Crippen LogP) is -0.175. The first-order chi connectivity index (χ1) is 9.61. The zero-order valence-electron chi connectivity index (χ0n) is 12.8. The van der Waals surface area contributed by atoms with Gasteiger partial charge in [-0.1, -0.05) is 18.2 Å². The molecule has 2 rings (SSSR count). The lowest BCUT2D eigenvalue weighted by molar-refractivity contribution is -0.702. The first-order valence-corrected chi connectivity index (χ1v) is 7.12. The van der Waals surface area contributed by atoms with Crippen LogP contribution in [0.4, 0.5) is 11.4 Å². The van der Waals surface area contributed by atoms with E-state index in [1.54, 1.807) is 6.92 Å². The number of aromatic nitrogens is 1. The van der Waals surface area contributed by atoms with E-state index in [9.17, 15) is 5.11 Å². The van der Waals surface area contributed by atoms with Gasteiger partial charge in [-0.25, -0.2) is 4.57 Å². The van der Waals surface area contributed by atoms with E-state index < -0.39 is 0 Å². The van der Waals surface area contributed by atoms with Gasteiger partial charge in [-0.05, 0) is 38.5 Å². The molecule has 4 heteroatoms. The number of para-hydroxylation sites is 1. The van der Waals surface area contributed by atoms with Crippen molar-refractivity contribution >= 4 is 11.4 Å². The first kappa shape index (κ1) is 17.5. The summed E-state index contributed by atoms with van der Waals surface area (Å²) in [6.45, 7) is 7.59. The molecule has 21 heavy (non-hydrogen) atoms. The lowest BCUT2D eigenvalue weighted by Crippen LogP contribution is -3.00. The number of hydrogen-bond acceptors (Lipinski definition) is 2. The fourth-order valence-electron chi connectivity index (χ4n) is 2.40. The predicted molar refractivity (Wildman–Crippen MR) is 82.2 cm³/mol. The average molecular weight is 307 g/mol. The maximum atomic E-state index is 9.54. The van der Waals surface area contributed by atoms with Gasteiger partial charge in [-0.2, -0.15) is 0 Å². The first-order valence-electron chi connectivity index (χ1n) is 7.12. The van der Waals surface area contributed by atoms with E-state index in [0.29, 0.717) is 6.54 Å². The summed E-state index contributed by atoms with van der Waals surface area (Å²) in [6.07, 6.45) is 3.78. The Morgan fingerprint density at radius 1 is 1.19 bits per heavy atom. The fraction of sp³-hybridized carbons (Fsp3) is 0.353. The van der Waals surface area contributed by atoms with Crippen molar-refractivity contribution in [3.8, 4) is 0 Å². The van der Waals surface area contributed by atoms with Gasteiger partial charge in [-0.15, -0.1) is 0 Å². The number of pyridine rings is 1. The van der Waals surface area contributed by atoms with Gasteiger partial charge in [0.2, 0.25) is 0 Å². The van der Waals surface area contributed by atoms with Crippen LogP contribution in [0.25, 0.3) is 0 Å². The topological polar surface area (TPSA) is 27.4 Å². The molecular weight excluding hydrogens is 284 g/mol. The molecule has 0 spiro atoms. The maximum absolute atomic E-state index is 9.54. The average Bonchev–Trinajstić information content (AvgIpc) is 2.44. The molecule has 1 aromatic heterocycles. The summed E-state index contributed by atoms with van der Waals surface area (Å²) in [5, 5.41) is 9.54. The number of hydrogen-bond donors (Lipinski definition) is 1. The number of aliphatic hydroxyl groups excluding tert-OH is 1. The second-order valence-electron chi connectivity index (χ2n) is 5.14. The number of anilines is 2. The van der Waals surface area contributed by atoms with Crippen LogP contribution in [0.5, 0.6) is 0 Å². The van der Waals surface area contributed by atoms with Gasteiger partial charge in [0.15, 0.2) is 18.9 Å². The van der Waals surface area contributed by atoms with Crippen LogP contribution in [0.1, 0.15) is 19.4 Å². The Hall–Kier alpha value is -1.58. The summed E-state index contributed by atoms with van der Waals surface area (Å²) in [5.41, 5.74) is 3.60. The van der Waals surface area contributed by atoms with E-state index >= 15 is 0 Å². The number of benzene rings is 1. The minimum absolute atomic E-state index is 0. The molecule has 0 saturated carbocycles. The molecule has 0 amide bonds. The van der Waals surface area contributed by atoms with Crippen molar-refractivity contribution in [1.82, 2.24) is 0 Å². The molecule has 114 valence electrons. The van der Waals surface area contributed by atoms with Crippen LogP contribution in [-0.2, 0) is 6.54 Å². The second-order valence-corrected chi connectivity index (χ2v) is 5.14. The SMILES string of the molecule is CCN(c1ccccc1)c1c[n+](CC(C)O)ccc1C.[Cl-]. The van der Waals surface area contributed by atoms with Crippen LogP contribution in [0.15, 0.2) is 48.8 Å². The number of nitrogens with zero attached hydrogens (tertiary/aromatic N) is 2. The lowest BCUT2D eigenvalue weighted by atomic mass is 10.2. The highest BCUT2D eigenvalue weighted by Crippen LogP contribution is 2.26. The smallest absolute Gasteiger partial charge is 0.193 e. The normalized spacial score (nSPS) is 11.6.